The normalized spacial score (nSPS) is 43.0. The summed E-state index contributed by atoms with van der Waals surface area (Å²) in [4.78, 5) is 13.5. The molecule has 1 aromatic rings. The smallest absolute Gasteiger partial charge is 0.407 e. The number of ether oxygens (including phenoxy) is 1. The van der Waals surface area contributed by atoms with Crippen molar-refractivity contribution >= 4 is 17.4 Å². The van der Waals surface area contributed by atoms with E-state index in [0.717, 1.165) is 38.5 Å². The van der Waals surface area contributed by atoms with Crippen molar-refractivity contribution in [1.82, 2.24) is 5.32 Å². The Hall–Kier alpha value is -1.11. The van der Waals surface area contributed by atoms with Crippen LogP contribution in [-0.4, -0.2) is 41.7 Å². The van der Waals surface area contributed by atoms with Crippen molar-refractivity contribution in [2.45, 2.75) is 104 Å². The first-order valence-corrected chi connectivity index (χ1v) is 16.4. The Labute approximate surface area is 234 Å². The quantitative estimate of drug-likeness (QED) is 0.341. The van der Waals surface area contributed by atoms with Crippen LogP contribution in [0.2, 0.25) is 0 Å². The first-order valence-electron chi connectivity index (χ1n) is 15.5. The third kappa shape index (κ3) is 5.07. The second-order valence-corrected chi connectivity index (χ2v) is 14.8. The molecule has 0 bridgehead atoms. The average Bonchev–Trinajstić information content (AvgIpc) is 3.53. The van der Waals surface area contributed by atoms with Gasteiger partial charge in [0, 0.05) is 11.4 Å². The van der Waals surface area contributed by atoms with Crippen LogP contribution in [0.15, 0.2) is 17.5 Å². The number of aliphatic hydroxyl groups excluding tert-OH is 2. The molecule has 0 saturated heterocycles. The van der Waals surface area contributed by atoms with Crippen molar-refractivity contribution < 1.29 is 19.7 Å². The number of carbonyl (C=O) groups excluding carboxylic acids is 1. The summed E-state index contributed by atoms with van der Waals surface area (Å²) in [7, 11) is 0. The largest absolute Gasteiger partial charge is 0.450 e. The molecule has 6 heteroatoms. The van der Waals surface area contributed by atoms with Gasteiger partial charge in [-0.2, -0.15) is 0 Å². The minimum atomic E-state index is -0.305. The summed E-state index contributed by atoms with van der Waals surface area (Å²) >= 11 is 1.71. The molecule has 3 unspecified atom stereocenters. The molecule has 0 spiro atoms. The number of hydrogen-bond donors (Lipinski definition) is 3. The Bertz CT molecular complexity index is 938. The van der Waals surface area contributed by atoms with Gasteiger partial charge in [-0.3, -0.25) is 0 Å². The Morgan fingerprint density at radius 1 is 1.13 bits per heavy atom. The first-order chi connectivity index (χ1) is 18.2. The minimum absolute atomic E-state index is 0.193. The zero-order valence-electron chi connectivity index (χ0n) is 24.0. The van der Waals surface area contributed by atoms with E-state index >= 15 is 0 Å². The molecule has 4 aliphatic carbocycles. The van der Waals surface area contributed by atoms with Crippen LogP contribution in [0.5, 0.6) is 0 Å². The van der Waals surface area contributed by atoms with Crippen LogP contribution >= 0.6 is 11.3 Å². The second kappa shape index (κ2) is 11.4. The number of aliphatic hydroxyl groups is 2. The maximum absolute atomic E-state index is 12.2. The zero-order valence-corrected chi connectivity index (χ0v) is 24.8. The van der Waals surface area contributed by atoms with Gasteiger partial charge in [0.05, 0.1) is 18.8 Å². The van der Waals surface area contributed by atoms with E-state index in [9.17, 15) is 15.0 Å². The number of alkyl carbamates (subject to hydrolysis) is 1. The van der Waals surface area contributed by atoms with Gasteiger partial charge in [-0.1, -0.05) is 40.2 Å². The van der Waals surface area contributed by atoms with E-state index in [-0.39, 0.29) is 29.1 Å². The number of amides is 1. The molecule has 5 nitrogen and oxygen atoms in total. The molecule has 0 radical (unpaired) electrons. The van der Waals surface area contributed by atoms with Gasteiger partial charge in [-0.25, -0.2) is 4.79 Å². The van der Waals surface area contributed by atoms with Gasteiger partial charge in [0.15, 0.2) is 0 Å². The zero-order chi connectivity index (χ0) is 27.1. The molecule has 3 N–H and O–H groups in total. The first kappa shape index (κ1) is 28.4. The number of thiophene rings is 1. The fraction of sp³-hybridized carbons (Fsp3) is 0.844. The SMILES string of the molecule is CC[C@@H]1C2C[C@H](O)CC[C@]2(C)C2CC[C@]3(C)[C@@H]([C@H](C)CCOC(=O)NCCc4cccs4)CC[C@H]3C2[C@@H]1O. The predicted octanol–water partition coefficient (Wildman–Crippen LogP) is 6.67. The third-order valence-corrected chi connectivity index (χ3v) is 13.1. The van der Waals surface area contributed by atoms with Gasteiger partial charge in [-0.15, -0.1) is 11.3 Å². The fourth-order valence-electron chi connectivity index (χ4n) is 10.3. The highest BCUT2D eigenvalue weighted by atomic mass is 32.1. The summed E-state index contributed by atoms with van der Waals surface area (Å²) < 4.78 is 5.57. The number of carbonyl (C=O) groups is 1. The van der Waals surface area contributed by atoms with Gasteiger partial charge >= 0.3 is 6.09 Å². The summed E-state index contributed by atoms with van der Waals surface area (Å²) in [5.41, 5.74) is 0.500. The average molecular weight is 546 g/mol. The molecule has 5 rings (SSSR count). The second-order valence-electron chi connectivity index (χ2n) is 13.8. The Morgan fingerprint density at radius 2 is 1.89 bits per heavy atom. The van der Waals surface area contributed by atoms with Crippen LogP contribution in [0, 0.1) is 52.3 Å². The summed E-state index contributed by atoms with van der Waals surface area (Å²) in [5.74, 6) is 3.40. The van der Waals surface area contributed by atoms with Gasteiger partial charge < -0.3 is 20.3 Å². The van der Waals surface area contributed by atoms with E-state index in [0.29, 0.717) is 54.6 Å². The van der Waals surface area contributed by atoms with E-state index < -0.39 is 0 Å². The van der Waals surface area contributed by atoms with Crippen molar-refractivity contribution in [3.63, 3.8) is 0 Å². The lowest BCUT2D eigenvalue weighted by atomic mass is 9.41. The fourth-order valence-corrected chi connectivity index (χ4v) is 11.0. The molecule has 4 aliphatic rings. The molecule has 4 saturated carbocycles. The molecule has 11 atom stereocenters. The van der Waals surface area contributed by atoms with Crippen LogP contribution < -0.4 is 5.32 Å². The highest BCUT2D eigenvalue weighted by Crippen LogP contribution is 2.69. The Kier molecular flexibility index (Phi) is 8.53. The number of fused-ring (bicyclic) bond motifs is 5. The molecule has 4 fully saturated rings. The number of hydrogen-bond acceptors (Lipinski definition) is 5. The van der Waals surface area contributed by atoms with Crippen molar-refractivity contribution in [2.24, 2.45) is 52.3 Å². The van der Waals surface area contributed by atoms with Crippen molar-refractivity contribution in [3.8, 4) is 0 Å². The molecule has 0 aliphatic heterocycles. The van der Waals surface area contributed by atoms with Crippen molar-refractivity contribution in [1.29, 1.82) is 0 Å². The van der Waals surface area contributed by atoms with E-state index in [1.165, 1.54) is 30.6 Å². The molecule has 1 heterocycles. The summed E-state index contributed by atoms with van der Waals surface area (Å²) in [6, 6.07) is 4.13. The summed E-state index contributed by atoms with van der Waals surface area (Å²) in [5, 5.41) is 27.3. The van der Waals surface area contributed by atoms with Crippen molar-refractivity contribution in [2.75, 3.05) is 13.2 Å². The predicted molar refractivity (Wildman–Crippen MR) is 153 cm³/mol. The lowest BCUT2D eigenvalue weighted by molar-refractivity contribution is -0.203. The summed E-state index contributed by atoms with van der Waals surface area (Å²) in [6.45, 7) is 10.7. The van der Waals surface area contributed by atoms with E-state index in [2.05, 4.69) is 44.5 Å². The molecule has 1 amide bonds. The highest BCUT2D eigenvalue weighted by molar-refractivity contribution is 7.09. The highest BCUT2D eigenvalue weighted by Gasteiger charge is 2.64. The van der Waals surface area contributed by atoms with Gasteiger partial charge in [-0.05, 0) is 121 Å². The van der Waals surface area contributed by atoms with E-state index in [1.807, 2.05) is 6.07 Å². The van der Waals surface area contributed by atoms with Crippen LogP contribution in [0.25, 0.3) is 0 Å². The van der Waals surface area contributed by atoms with Gasteiger partial charge in [0.2, 0.25) is 0 Å². The minimum Gasteiger partial charge on any atom is -0.450 e. The molecule has 1 aromatic heterocycles. The summed E-state index contributed by atoms with van der Waals surface area (Å²) in [6.07, 6.45) is 9.81. The van der Waals surface area contributed by atoms with Crippen LogP contribution in [0.4, 0.5) is 4.79 Å². The third-order valence-electron chi connectivity index (χ3n) is 12.2. The van der Waals surface area contributed by atoms with E-state index in [1.54, 1.807) is 11.3 Å². The van der Waals surface area contributed by atoms with Crippen LogP contribution in [0.3, 0.4) is 0 Å². The van der Waals surface area contributed by atoms with E-state index in [4.69, 9.17) is 4.74 Å². The maximum Gasteiger partial charge on any atom is 0.407 e. The lowest BCUT2D eigenvalue weighted by Gasteiger charge is -2.64. The van der Waals surface area contributed by atoms with Crippen LogP contribution in [0.1, 0.15) is 90.4 Å². The van der Waals surface area contributed by atoms with Crippen molar-refractivity contribution in [3.05, 3.63) is 22.4 Å². The molecule has 214 valence electrons. The Morgan fingerprint density at radius 3 is 2.63 bits per heavy atom. The maximum atomic E-state index is 12.2. The molecular formula is C32H51NO4S. The van der Waals surface area contributed by atoms with Gasteiger partial charge in [0.25, 0.3) is 0 Å². The molecular weight excluding hydrogens is 494 g/mol. The van der Waals surface area contributed by atoms with Crippen LogP contribution in [-0.2, 0) is 11.2 Å². The lowest BCUT2D eigenvalue weighted by Crippen LogP contribution is -2.62. The Balaban J connectivity index is 1.19. The number of nitrogens with one attached hydrogen (secondary N) is 1. The molecule has 0 aromatic carbocycles. The molecule has 38 heavy (non-hydrogen) atoms. The monoisotopic (exact) mass is 545 g/mol. The topological polar surface area (TPSA) is 78.8 Å². The number of rotatable bonds is 8. The van der Waals surface area contributed by atoms with Gasteiger partial charge in [0.1, 0.15) is 0 Å². The standard InChI is InChI=1S/C32H51NO4S/c1-5-23-27-19-21(34)10-14-32(27,4)26-11-15-31(3)24(8-9-25(31)28(26)29(23)35)20(2)13-17-37-30(36)33-16-12-22-7-6-18-38-22/h6-7,18,20-21,23-29,34-35H,5,8-17,19H2,1-4H3,(H,33,36)/t20-,21-,23-,24-,25+,26?,27?,28?,29-,31-,32-/m1/s1.